The van der Waals surface area contributed by atoms with E-state index in [1.165, 1.54) is 4.90 Å². The van der Waals surface area contributed by atoms with Crippen LogP contribution in [0.5, 0.6) is 0 Å². The van der Waals surface area contributed by atoms with Crippen molar-refractivity contribution in [1.29, 1.82) is 0 Å². The Morgan fingerprint density at radius 2 is 1.70 bits per heavy atom. The van der Waals surface area contributed by atoms with Crippen LogP contribution < -0.4 is 0 Å². The average Bonchev–Trinajstić information content (AvgIpc) is 2.77. The van der Waals surface area contributed by atoms with Gasteiger partial charge in [0.15, 0.2) is 9.84 Å². The molecule has 114 valence electrons. The van der Waals surface area contributed by atoms with Gasteiger partial charge in [-0.25, -0.2) is 8.42 Å². The Balaban J connectivity index is 2.07. The molecule has 0 aromatic heterocycles. The molecule has 0 radical (unpaired) electrons. The number of carboxylic acid groups (broad SMARTS) is 1. The minimum Gasteiger partial charge on any atom is -0.481 e. The predicted molar refractivity (Wildman–Crippen MR) is 72.9 cm³/mol. The van der Waals surface area contributed by atoms with Crippen LogP contribution in [0.4, 0.5) is 0 Å². The molecule has 0 aromatic carbocycles. The van der Waals surface area contributed by atoms with E-state index >= 15 is 0 Å². The topological polar surface area (TPSA) is 91.8 Å². The van der Waals surface area contributed by atoms with Crippen molar-refractivity contribution in [1.82, 2.24) is 4.90 Å². The molecule has 1 aliphatic heterocycles. The molecule has 0 aromatic rings. The molecule has 1 N–H and O–H groups in total. The number of nitrogens with zero attached hydrogens (tertiary/aromatic N) is 1. The maximum atomic E-state index is 12.5. The molecule has 1 saturated carbocycles. The third kappa shape index (κ3) is 3.13. The highest BCUT2D eigenvalue weighted by molar-refractivity contribution is 7.91. The number of aliphatic carboxylic acids is 1. The fraction of sp³-hybridized carbons (Fsp3) is 0.846. The Bertz CT molecular complexity index is 501. The normalized spacial score (nSPS) is 32.8. The van der Waals surface area contributed by atoms with Crippen LogP contribution >= 0.6 is 0 Å². The molecule has 1 heterocycles. The van der Waals surface area contributed by atoms with E-state index in [1.807, 2.05) is 0 Å². The number of carboxylic acids is 1. The van der Waals surface area contributed by atoms with E-state index in [0.717, 1.165) is 12.8 Å². The number of carbonyl (C=O) groups is 2. The van der Waals surface area contributed by atoms with Crippen LogP contribution in [0.2, 0.25) is 0 Å². The van der Waals surface area contributed by atoms with Crippen molar-refractivity contribution in [2.45, 2.75) is 38.1 Å². The standard InChI is InChI=1S/C13H21NO5S/c1-14(9-6-7-20(18,19)8-9)12(15)10-4-2-3-5-11(10)13(16)17/h9-11H,2-8H2,1H3,(H,16,17)/t9?,10-,11+/m1/s1. The van der Waals surface area contributed by atoms with Gasteiger partial charge < -0.3 is 10.0 Å². The molecule has 7 heteroatoms. The summed E-state index contributed by atoms with van der Waals surface area (Å²) in [5.41, 5.74) is 0. The van der Waals surface area contributed by atoms with Crippen molar-refractivity contribution < 1.29 is 23.1 Å². The minimum absolute atomic E-state index is 0.000300. The average molecular weight is 303 g/mol. The summed E-state index contributed by atoms with van der Waals surface area (Å²) in [6, 6.07) is -0.302. The predicted octanol–water partition coefficient (Wildman–Crippen LogP) is 0.523. The quantitative estimate of drug-likeness (QED) is 0.821. The summed E-state index contributed by atoms with van der Waals surface area (Å²) in [6.45, 7) is 0. The molecule has 0 bridgehead atoms. The Labute approximate surface area is 119 Å². The lowest BCUT2D eigenvalue weighted by molar-refractivity contribution is -0.152. The number of hydrogen-bond acceptors (Lipinski definition) is 4. The number of amides is 1. The van der Waals surface area contributed by atoms with Crippen LogP contribution in [-0.4, -0.2) is 54.9 Å². The van der Waals surface area contributed by atoms with Crippen molar-refractivity contribution in [3.8, 4) is 0 Å². The van der Waals surface area contributed by atoms with Crippen molar-refractivity contribution >= 4 is 21.7 Å². The van der Waals surface area contributed by atoms with Gasteiger partial charge in [-0.3, -0.25) is 9.59 Å². The van der Waals surface area contributed by atoms with E-state index in [0.29, 0.717) is 19.3 Å². The first kappa shape index (κ1) is 15.3. The lowest BCUT2D eigenvalue weighted by Crippen LogP contribution is -2.45. The van der Waals surface area contributed by atoms with Gasteiger partial charge in [0.1, 0.15) is 0 Å². The summed E-state index contributed by atoms with van der Waals surface area (Å²) in [5.74, 6) is -2.15. The largest absolute Gasteiger partial charge is 0.481 e. The number of hydrogen-bond donors (Lipinski definition) is 1. The zero-order chi connectivity index (χ0) is 14.9. The van der Waals surface area contributed by atoms with Gasteiger partial charge in [-0.15, -0.1) is 0 Å². The van der Waals surface area contributed by atoms with Crippen molar-refractivity contribution in [2.75, 3.05) is 18.6 Å². The molecule has 2 fully saturated rings. The first-order valence-electron chi connectivity index (χ1n) is 7.02. The zero-order valence-corrected chi connectivity index (χ0v) is 12.4. The fourth-order valence-corrected chi connectivity index (χ4v) is 5.02. The molecular formula is C13H21NO5S. The van der Waals surface area contributed by atoms with Gasteiger partial charge in [-0.05, 0) is 19.3 Å². The molecule has 1 aliphatic carbocycles. The molecule has 0 spiro atoms. The lowest BCUT2D eigenvalue weighted by atomic mass is 9.78. The second kappa shape index (κ2) is 5.71. The third-order valence-electron chi connectivity index (χ3n) is 4.50. The smallest absolute Gasteiger partial charge is 0.307 e. The highest BCUT2D eigenvalue weighted by Crippen LogP contribution is 2.32. The van der Waals surface area contributed by atoms with Gasteiger partial charge in [0, 0.05) is 13.1 Å². The Morgan fingerprint density at radius 3 is 2.20 bits per heavy atom. The van der Waals surface area contributed by atoms with E-state index < -0.39 is 27.6 Å². The first-order chi connectivity index (χ1) is 9.32. The van der Waals surface area contributed by atoms with Gasteiger partial charge >= 0.3 is 5.97 Å². The van der Waals surface area contributed by atoms with Crippen LogP contribution in [0.25, 0.3) is 0 Å². The summed E-state index contributed by atoms with van der Waals surface area (Å²) >= 11 is 0. The monoisotopic (exact) mass is 303 g/mol. The molecule has 1 saturated heterocycles. The molecule has 3 atom stereocenters. The van der Waals surface area contributed by atoms with Gasteiger partial charge in [0.25, 0.3) is 0 Å². The second-order valence-electron chi connectivity index (χ2n) is 5.84. The summed E-state index contributed by atoms with van der Waals surface area (Å²) in [6.07, 6.45) is 3.26. The van der Waals surface area contributed by atoms with Gasteiger partial charge in [-0.1, -0.05) is 12.8 Å². The van der Waals surface area contributed by atoms with Gasteiger partial charge in [0.2, 0.25) is 5.91 Å². The Kier molecular flexibility index (Phi) is 4.36. The van der Waals surface area contributed by atoms with Crippen LogP contribution in [0.1, 0.15) is 32.1 Å². The number of rotatable bonds is 3. The Morgan fingerprint density at radius 1 is 1.10 bits per heavy atom. The van der Waals surface area contributed by atoms with E-state index in [9.17, 15) is 23.1 Å². The second-order valence-corrected chi connectivity index (χ2v) is 8.07. The van der Waals surface area contributed by atoms with E-state index in [1.54, 1.807) is 7.05 Å². The molecular weight excluding hydrogens is 282 g/mol. The highest BCUT2D eigenvalue weighted by atomic mass is 32.2. The molecule has 1 unspecified atom stereocenters. The van der Waals surface area contributed by atoms with Gasteiger partial charge in [0.05, 0.1) is 23.3 Å². The molecule has 6 nitrogen and oxygen atoms in total. The SMILES string of the molecule is CN(C(=O)[C@@H]1CCCC[C@@H]1C(=O)O)C1CCS(=O)(=O)C1. The Hall–Kier alpha value is -1.11. The van der Waals surface area contributed by atoms with Crippen LogP contribution in [0, 0.1) is 11.8 Å². The maximum absolute atomic E-state index is 12.5. The fourth-order valence-electron chi connectivity index (χ4n) is 3.24. The summed E-state index contributed by atoms with van der Waals surface area (Å²) in [5, 5.41) is 9.22. The van der Waals surface area contributed by atoms with Crippen LogP contribution in [0.3, 0.4) is 0 Å². The molecule has 2 aliphatic rings. The lowest BCUT2D eigenvalue weighted by Gasteiger charge is -2.33. The van der Waals surface area contributed by atoms with Crippen molar-refractivity contribution in [3.63, 3.8) is 0 Å². The first-order valence-corrected chi connectivity index (χ1v) is 8.84. The number of sulfone groups is 1. The van der Waals surface area contributed by atoms with E-state index in [-0.39, 0.29) is 23.5 Å². The molecule has 2 rings (SSSR count). The zero-order valence-electron chi connectivity index (χ0n) is 11.6. The van der Waals surface area contributed by atoms with Crippen LogP contribution in [0.15, 0.2) is 0 Å². The third-order valence-corrected chi connectivity index (χ3v) is 6.25. The highest BCUT2D eigenvalue weighted by Gasteiger charge is 2.40. The van der Waals surface area contributed by atoms with E-state index in [4.69, 9.17) is 0 Å². The summed E-state index contributed by atoms with van der Waals surface area (Å²) in [7, 11) is -1.45. The number of carbonyl (C=O) groups excluding carboxylic acids is 1. The van der Waals surface area contributed by atoms with Crippen molar-refractivity contribution in [3.05, 3.63) is 0 Å². The maximum Gasteiger partial charge on any atom is 0.307 e. The van der Waals surface area contributed by atoms with E-state index in [2.05, 4.69) is 0 Å². The van der Waals surface area contributed by atoms with Crippen LogP contribution in [-0.2, 0) is 19.4 Å². The van der Waals surface area contributed by atoms with Crippen molar-refractivity contribution in [2.24, 2.45) is 11.8 Å². The molecule has 1 amide bonds. The summed E-state index contributed by atoms with van der Waals surface area (Å²) in [4.78, 5) is 25.2. The summed E-state index contributed by atoms with van der Waals surface area (Å²) < 4.78 is 23.0. The molecule has 20 heavy (non-hydrogen) atoms. The van der Waals surface area contributed by atoms with Gasteiger partial charge in [-0.2, -0.15) is 0 Å². The minimum atomic E-state index is -3.04.